The van der Waals surface area contributed by atoms with Crippen molar-refractivity contribution in [2.24, 2.45) is 0 Å². The van der Waals surface area contributed by atoms with E-state index in [0.717, 1.165) is 0 Å². The number of hydrogen-bond acceptors (Lipinski definition) is 4. The Morgan fingerprint density at radius 2 is 2.05 bits per heavy atom. The lowest BCUT2D eigenvalue weighted by atomic mass is 10.2. The molecule has 1 saturated heterocycles. The third-order valence-electron chi connectivity index (χ3n) is 2.79. The van der Waals surface area contributed by atoms with Crippen LogP contribution in [0.4, 0.5) is 0 Å². The molecule has 108 valence electrons. The standard InChI is InChI=1S/C11H9Cl3N2O3S/c12-5-3-15-9(8(14)7(5)13)10(17)16-1-2-20-4-6(16)11(18)19/h3,6H,1-2,4H2,(H,18,19). The molecular weight excluding hydrogens is 347 g/mol. The van der Waals surface area contributed by atoms with Crippen LogP contribution in [0.15, 0.2) is 6.20 Å². The lowest BCUT2D eigenvalue weighted by molar-refractivity contribution is -0.141. The van der Waals surface area contributed by atoms with Crippen LogP contribution in [0.2, 0.25) is 15.1 Å². The smallest absolute Gasteiger partial charge is 0.327 e. The molecule has 2 heterocycles. The van der Waals surface area contributed by atoms with E-state index >= 15 is 0 Å². The lowest BCUT2D eigenvalue weighted by Gasteiger charge is -2.32. The van der Waals surface area contributed by atoms with Crippen molar-refractivity contribution >= 4 is 58.4 Å². The number of hydrogen-bond donors (Lipinski definition) is 1. The molecule has 0 radical (unpaired) electrons. The molecule has 0 bridgehead atoms. The first-order valence-corrected chi connectivity index (χ1v) is 7.83. The van der Waals surface area contributed by atoms with Gasteiger partial charge in [-0.15, -0.1) is 0 Å². The highest BCUT2D eigenvalue weighted by atomic mass is 35.5. The van der Waals surface area contributed by atoms with Gasteiger partial charge in [0.15, 0.2) is 0 Å². The molecular formula is C11H9Cl3N2O3S. The number of carbonyl (C=O) groups excluding carboxylic acids is 1. The summed E-state index contributed by atoms with van der Waals surface area (Å²) < 4.78 is 0. The molecule has 1 unspecified atom stereocenters. The zero-order valence-corrected chi connectivity index (χ0v) is 13.1. The third kappa shape index (κ3) is 2.98. The van der Waals surface area contributed by atoms with Crippen molar-refractivity contribution in [2.45, 2.75) is 6.04 Å². The van der Waals surface area contributed by atoms with Crippen LogP contribution in [-0.2, 0) is 4.79 Å². The molecule has 1 aliphatic rings. The SMILES string of the molecule is O=C(O)C1CSCCN1C(=O)c1ncc(Cl)c(Cl)c1Cl. The van der Waals surface area contributed by atoms with Crippen molar-refractivity contribution in [3.63, 3.8) is 0 Å². The normalized spacial score (nSPS) is 18.9. The molecule has 1 aliphatic heterocycles. The van der Waals surface area contributed by atoms with E-state index < -0.39 is 17.9 Å². The van der Waals surface area contributed by atoms with Crippen molar-refractivity contribution in [1.29, 1.82) is 0 Å². The molecule has 1 amide bonds. The van der Waals surface area contributed by atoms with Crippen molar-refractivity contribution in [3.05, 3.63) is 27.0 Å². The van der Waals surface area contributed by atoms with Gasteiger partial charge in [-0.05, 0) is 0 Å². The van der Waals surface area contributed by atoms with Crippen LogP contribution in [-0.4, -0.2) is 51.0 Å². The van der Waals surface area contributed by atoms with E-state index in [9.17, 15) is 9.59 Å². The zero-order valence-electron chi connectivity index (χ0n) is 9.98. The maximum atomic E-state index is 12.4. The van der Waals surface area contributed by atoms with E-state index in [-0.39, 0.29) is 20.8 Å². The predicted octanol–water partition coefficient (Wildman–Crippen LogP) is 2.68. The van der Waals surface area contributed by atoms with Gasteiger partial charge >= 0.3 is 5.97 Å². The van der Waals surface area contributed by atoms with Gasteiger partial charge in [0.1, 0.15) is 11.7 Å². The number of aliphatic carboxylic acids is 1. The number of thioether (sulfide) groups is 1. The Kier molecular flexibility index (Phi) is 5.01. The Bertz CT molecular complexity index is 570. The molecule has 1 fully saturated rings. The number of nitrogens with zero attached hydrogens (tertiary/aromatic N) is 2. The molecule has 9 heteroatoms. The highest BCUT2D eigenvalue weighted by Gasteiger charge is 2.34. The summed E-state index contributed by atoms with van der Waals surface area (Å²) in [6.45, 7) is 0.318. The molecule has 0 saturated carbocycles. The Hall–Kier alpha value is -0.690. The molecule has 2 rings (SSSR count). The second-order valence-electron chi connectivity index (χ2n) is 4.01. The van der Waals surface area contributed by atoms with Crippen LogP contribution in [0.1, 0.15) is 10.5 Å². The summed E-state index contributed by atoms with van der Waals surface area (Å²) in [5, 5.41) is 9.27. The highest BCUT2D eigenvalue weighted by Crippen LogP contribution is 2.32. The largest absolute Gasteiger partial charge is 0.480 e. The average molecular weight is 356 g/mol. The fraction of sp³-hybridized carbons (Fsp3) is 0.364. The van der Waals surface area contributed by atoms with E-state index in [2.05, 4.69) is 4.98 Å². The number of amides is 1. The van der Waals surface area contributed by atoms with Crippen LogP contribution in [0.25, 0.3) is 0 Å². The molecule has 1 N–H and O–H groups in total. The first kappa shape index (κ1) is 15.7. The number of carboxylic acids is 1. The topological polar surface area (TPSA) is 70.5 Å². The minimum Gasteiger partial charge on any atom is -0.480 e. The molecule has 0 spiro atoms. The summed E-state index contributed by atoms with van der Waals surface area (Å²) >= 11 is 19.1. The third-order valence-corrected chi connectivity index (χ3v) is 5.06. The summed E-state index contributed by atoms with van der Waals surface area (Å²) in [6, 6.07) is -0.895. The Balaban J connectivity index is 2.35. The fourth-order valence-electron chi connectivity index (χ4n) is 1.78. The van der Waals surface area contributed by atoms with Crippen molar-refractivity contribution < 1.29 is 14.7 Å². The molecule has 0 aliphatic carbocycles. The van der Waals surface area contributed by atoms with E-state index in [1.807, 2.05) is 0 Å². The molecule has 1 aromatic heterocycles. The van der Waals surface area contributed by atoms with Gasteiger partial charge in [0.25, 0.3) is 5.91 Å². The number of carbonyl (C=O) groups is 2. The van der Waals surface area contributed by atoms with Crippen LogP contribution >= 0.6 is 46.6 Å². The second kappa shape index (κ2) is 6.39. The number of aromatic nitrogens is 1. The molecule has 1 atom stereocenters. The van der Waals surface area contributed by atoms with E-state index in [1.54, 1.807) is 0 Å². The molecule has 5 nitrogen and oxygen atoms in total. The van der Waals surface area contributed by atoms with Gasteiger partial charge in [0, 0.05) is 24.2 Å². The quantitative estimate of drug-likeness (QED) is 0.883. The van der Waals surface area contributed by atoms with Crippen LogP contribution < -0.4 is 0 Å². The van der Waals surface area contributed by atoms with Crippen molar-refractivity contribution in [1.82, 2.24) is 9.88 Å². The maximum absolute atomic E-state index is 12.4. The minimum absolute atomic E-state index is 0.0324. The van der Waals surface area contributed by atoms with Gasteiger partial charge in [-0.1, -0.05) is 34.8 Å². The zero-order chi connectivity index (χ0) is 14.9. The van der Waals surface area contributed by atoms with Crippen LogP contribution in [0.3, 0.4) is 0 Å². The highest BCUT2D eigenvalue weighted by molar-refractivity contribution is 7.99. The van der Waals surface area contributed by atoms with E-state index in [4.69, 9.17) is 39.9 Å². The van der Waals surface area contributed by atoms with E-state index in [0.29, 0.717) is 18.1 Å². The Morgan fingerprint density at radius 3 is 2.70 bits per heavy atom. The van der Waals surface area contributed by atoms with Gasteiger partial charge in [0.05, 0.1) is 15.1 Å². The average Bonchev–Trinajstić information content (AvgIpc) is 2.44. The minimum atomic E-state index is -1.05. The Labute approximate surface area is 134 Å². The van der Waals surface area contributed by atoms with E-state index in [1.165, 1.54) is 22.9 Å². The maximum Gasteiger partial charge on any atom is 0.327 e. The summed E-state index contributed by atoms with van der Waals surface area (Å²) in [5.41, 5.74) is -0.0841. The number of carboxylic acid groups (broad SMARTS) is 1. The van der Waals surface area contributed by atoms with Gasteiger partial charge in [-0.2, -0.15) is 11.8 Å². The summed E-state index contributed by atoms with van der Waals surface area (Å²) in [4.78, 5) is 28.7. The van der Waals surface area contributed by atoms with Crippen molar-refractivity contribution in [2.75, 3.05) is 18.1 Å². The van der Waals surface area contributed by atoms with Gasteiger partial charge in [0.2, 0.25) is 0 Å². The number of rotatable bonds is 2. The van der Waals surface area contributed by atoms with Gasteiger partial charge in [-0.3, -0.25) is 4.79 Å². The molecule has 20 heavy (non-hydrogen) atoms. The summed E-state index contributed by atoms with van der Waals surface area (Å²) in [5.74, 6) is -0.614. The first-order chi connectivity index (χ1) is 9.43. The first-order valence-electron chi connectivity index (χ1n) is 5.54. The summed E-state index contributed by atoms with van der Waals surface area (Å²) in [6.07, 6.45) is 1.22. The lowest BCUT2D eigenvalue weighted by Crippen LogP contribution is -2.50. The van der Waals surface area contributed by atoms with Gasteiger partial charge < -0.3 is 10.0 Å². The Morgan fingerprint density at radius 1 is 1.35 bits per heavy atom. The van der Waals surface area contributed by atoms with Gasteiger partial charge in [-0.25, -0.2) is 9.78 Å². The predicted molar refractivity (Wildman–Crippen MR) is 79.1 cm³/mol. The number of pyridine rings is 1. The summed E-state index contributed by atoms with van der Waals surface area (Å²) in [7, 11) is 0. The fourth-order valence-corrected chi connectivity index (χ4v) is 3.38. The van der Waals surface area contributed by atoms with Crippen LogP contribution in [0.5, 0.6) is 0 Å². The molecule has 1 aromatic rings. The number of halogens is 3. The second-order valence-corrected chi connectivity index (χ2v) is 6.32. The van der Waals surface area contributed by atoms with Crippen molar-refractivity contribution in [3.8, 4) is 0 Å². The van der Waals surface area contributed by atoms with Crippen LogP contribution in [0, 0.1) is 0 Å². The molecule has 0 aromatic carbocycles. The monoisotopic (exact) mass is 354 g/mol.